The summed E-state index contributed by atoms with van der Waals surface area (Å²) in [6.45, 7) is 0. The first-order valence-corrected chi connectivity index (χ1v) is 7.26. The van der Waals surface area contributed by atoms with Gasteiger partial charge in [-0.1, -0.05) is 22.0 Å². The summed E-state index contributed by atoms with van der Waals surface area (Å²) in [5.74, 6) is -1.59. The zero-order chi connectivity index (χ0) is 14.4. The topological polar surface area (TPSA) is 70.6 Å². The normalized spacial score (nSPS) is 10.4. The van der Waals surface area contributed by atoms with Gasteiger partial charge in [0.1, 0.15) is 0 Å². The Morgan fingerprint density at radius 3 is 2.55 bits per heavy atom. The van der Waals surface area contributed by atoms with Crippen molar-refractivity contribution in [1.29, 1.82) is 0 Å². The van der Waals surface area contributed by atoms with Gasteiger partial charge in [0.05, 0.1) is 6.21 Å². The first-order valence-electron chi connectivity index (χ1n) is 5.58. The van der Waals surface area contributed by atoms with Gasteiger partial charge in [0.2, 0.25) is 0 Å². The molecule has 0 aliphatic heterocycles. The zero-order valence-electron chi connectivity index (χ0n) is 10.2. The second-order valence-corrected chi connectivity index (χ2v) is 5.57. The van der Waals surface area contributed by atoms with Crippen LogP contribution in [0, 0.1) is 0 Å². The highest BCUT2D eigenvalue weighted by molar-refractivity contribution is 9.10. The van der Waals surface area contributed by atoms with E-state index in [2.05, 4.69) is 31.8 Å². The zero-order valence-corrected chi connectivity index (χ0v) is 12.6. The Hall–Kier alpha value is -1.99. The number of hydrazone groups is 1. The number of nitrogens with zero attached hydrogens (tertiary/aromatic N) is 1. The summed E-state index contributed by atoms with van der Waals surface area (Å²) in [5, 5.41) is 8.07. The molecule has 1 aromatic heterocycles. The number of amides is 2. The number of hydrogen-bond acceptors (Lipinski definition) is 4. The molecule has 0 bridgehead atoms. The first-order chi connectivity index (χ1) is 9.65. The highest BCUT2D eigenvalue weighted by Crippen LogP contribution is 2.13. The minimum absolute atomic E-state index is 0.538. The Bertz CT molecular complexity index is 624. The van der Waals surface area contributed by atoms with E-state index in [9.17, 15) is 9.59 Å². The fraction of sp³-hybridized carbons (Fsp3) is 0. The molecule has 0 spiro atoms. The molecular weight excluding hydrogens is 342 g/mol. The van der Waals surface area contributed by atoms with Gasteiger partial charge in [-0.3, -0.25) is 9.59 Å². The lowest BCUT2D eigenvalue weighted by Gasteiger charge is -2.03. The van der Waals surface area contributed by atoms with Crippen LogP contribution < -0.4 is 10.7 Å². The van der Waals surface area contributed by atoms with E-state index in [0.29, 0.717) is 5.69 Å². The van der Waals surface area contributed by atoms with E-state index in [-0.39, 0.29) is 0 Å². The second kappa shape index (κ2) is 6.97. The molecule has 20 heavy (non-hydrogen) atoms. The molecule has 2 rings (SSSR count). The molecule has 0 aliphatic rings. The van der Waals surface area contributed by atoms with Gasteiger partial charge in [-0.2, -0.15) is 5.10 Å². The largest absolute Gasteiger partial charge is 0.329 e. The number of carbonyl (C=O) groups is 2. The molecule has 1 aromatic carbocycles. The maximum atomic E-state index is 11.6. The molecule has 0 saturated heterocycles. The molecule has 2 aromatic rings. The highest BCUT2D eigenvalue weighted by atomic mass is 79.9. The van der Waals surface area contributed by atoms with Gasteiger partial charge in [-0.05, 0) is 35.7 Å². The quantitative estimate of drug-likeness (QED) is 0.506. The summed E-state index contributed by atoms with van der Waals surface area (Å²) in [6.07, 6.45) is 1.48. The van der Waals surface area contributed by atoms with Crippen LogP contribution in [0.5, 0.6) is 0 Å². The molecule has 2 N–H and O–H groups in total. The highest BCUT2D eigenvalue weighted by Gasteiger charge is 2.12. The molecular formula is C13H10BrN3O2S. The summed E-state index contributed by atoms with van der Waals surface area (Å²) in [5.41, 5.74) is 2.71. The molecule has 2 amide bonds. The first kappa shape index (κ1) is 14.4. The minimum atomic E-state index is -0.819. The monoisotopic (exact) mass is 351 g/mol. The maximum Gasteiger partial charge on any atom is 0.329 e. The Morgan fingerprint density at radius 2 is 1.90 bits per heavy atom. The van der Waals surface area contributed by atoms with Crippen molar-refractivity contribution in [2.45, 2.75) is 0 Å². The van der Waals surface area contributed by atoms with Crippen molar-refractivity contribution in [1.82, 2.24) is 5.43 Å². The molecule has 0 fully saturated rings. The van der Waals surface area contributed by atoms with Crippen LogP contribution in [-0.2, 0) is 9.59 Å². The number of halogens is 1. The van der Waals surface area contributed by atoms with Crippen LogP contribution in [0.15, 0.2) is 51.4 Å². The summed E-state index contributed by atoms with van der Waals surface area (Å²) >= 11 is 4.76. The molecule has 1 heterocycles. The predicted octanol–water partition coefficient (Wildman–Crippen LogP) is 2.60. The van der Waals surface area contributed by atoms with Crippen molar-refractivity contribution < 1.29 is 9.59 Å². The van der Waals surface area contributed by atoms with E-state index in [4.69, 9.17) is 0 Å². The van der Waals surface area contributed by atoms with E-state index >= 15 is 0 Å². The average Bonchev–Trinajstić information content (AvgIpc) is 2.94. The third-order valence-electron chi connectivity index (χ3n) is 2.21. The smallest absolute Gasteiger partial charge is 0.318 e. The lowest BCUT2D eigenvalue weighted by Crippen LogP contribution is -2.32. The molecule has 5 nitrogen and oxygen atoms in total. The minimum Gasteiger partial charge on any atom is -0.318 e. The van der Waals surface area contributed by atoms with Crippen molar-refractivity contribution in [2.24, 2.45) is 5.10 Å². The van der Waals surface area contributed by atoms with Crippen LogP contribution in [0.4, 0.5) is 5.69 Å². The van der Waals surface area contributed by atoms with Crippen molar-refractivity contribution in [3.63, 3.8) is 0 Å². The molecule has 7 heteroatoms. The third kappa shape index (κ3) is 4.29. The SMILES string of the molecule is O=C(NN=Cc1cccs1)C(=O)Nc1ccc(Br)cc1. The Morgan fingerprint density at radius 1 is 1.15 bits per heavy atom. The lowest BCUT2D eigenvalue weighted by atomic mass is 10.3. The number of carbonyl (C=O) groups excluding carboxylic acids is 2. The Balaban J connectivity index is 1.86. The van der Waals surface area contributed by atoms with E-state index < -0.39 is 11.8 Å². The molecule has 102 valence electrons. The Labute approximate surface area is 127 Å². The average molecular weight is 352 g/mol. The van der Waals surface area contributed by atoms with Crippen LogP contribution in [0.25, 0.3) is 0 Å². The number of anilines is 1. The third-order valence-corrected chi connectivity index (χ3v) is 3.54. The van der Waals surface area contributed by atoms with E-state index in [1.165, 1.54) is 17.6 Å². The summed E-state index contributed by atoms with van der Waals surface area (Å²) in [6, 6.07) is 10.6. The van der Waals surface area contributed by atoms with Gasteiger partial charge in [0.15, 0.2) is 0 Å². The summed E-state index contributed by atoms with van der Waals surface area (Å²) in [4.78, 5) is 24.0. The Kier molecular flexibility index (Phi) is 5.03. The van der Waals surface area contributed by atoms with Gasteiger partial charge < -0.3 is 5.32 Å². The molecule has 0 saturated carbocycles. The summed E-state index contributed by atoms with van der Waals surface area (Å²) in [7, 11) is 0. The number of rotatable bonds is 3. The summed E-state index contributed by atoms with van der Waals surface area (Å²) < 4.78 is 0.889. The number of hydrogen-bond donors (Lipinski definition) is 2. The lowest BCUT2D eigenvalue weighted by molar-refractivity contribution is -0.136. The van der Waals surface area contributed by atoms with Crippen molar-refractivity contribution in [3.8, 4) is 0 Å². The predicted molar refractivity (Wildman–Crippen MR) is 82.8 cm³/mol. The molecule has 0 atom stereocenters. The fourth-order valence-electron chi connectivity index (χ4n) is 1.29. The van der Waals surface area contributed by atoms with Gasteiger partial charge >= 0.3 is 11.8 Å². The maximum absolute atomic E-state index is 11.6. The molecule has 0 aliphatic carbocycles. The molecule has 0 radical (unpaired) electrons. The number of nitrogens with one attached hydrogen (secondary N) is 2. The number of benzene rings is 1. The van der Waals surface area contributed by atoms with E-state index in [1.807, 2.05) is 17.5 Å². The van der Waals surface area contributed by atoms with Crippen molar-refractivity contribution in [2.75, 3.05) is 5.32 Å². The van der Waals surface area contributed by atoms with Crippen LogP contribution in [0.1, 0.15) is 4.88 Å². The second-order valence-electron chi connectivity index (χ2n) is 3.68. The van der Waals surface area contributed by atoms with Gasteiger partial charge in [0, 0.05) is 15.0 Å². The van der Waals surface area contributed by atoms with Crippen molar-refractivity contribution >= 4 is 51.0 Å². The van der Waals surface area contributed by atoms with Gasteiger partial charge in [-0.25, -0.2) is 5.43 Å². The van der Waals surface area contributed by atoms with Gasteiger partial charge in [-0.15, -0.1) is 11.3 Å². The number of thiophene rings is 1. The van der Waals surface area contributed by atoms with E-state index in [1.54, 1.807) is 24.3 Å². The van der Waals surface area contributed by atoms with Crippen LogP contribution >= 0.6 is 27.3 Å². The fourth-order valence-corrected chi connectivity index (χ4v) is 2.14. The van der Waals surface area contributed by atoms with Crippen LogP contribution in [-0.4, -0.2) is 18.0 Å². The van der Waals surface area contributed by atoms with Gasteiger partial charge in [0.25, 0.3) is 0 Å². The van der Waals surface area contributed by atoms with E-state index in [0.717, 1.165) is 9.35 Å². The standard InChI is InChI=1S/C13H10BrN3O2S/c14-9-3-5-10(6-4-9)16-12(18)13(19)17-15-8-11-2-1-7-20-11/h1-8H,(H,16,18)(H,17,19). The van der Waals surface area contributed by atoms with Crippen LogP contribution in [0.3, 0.4) is 0 Å². The molecule has 0 unspecified atom stereocenters. The van der Waals surface area contributed by atoms with Crippen LogP contribution in [0.2, 0.25) is 0 Å². The van der Waals surface area contributed by atoms with Crippen molar-refractivity contribution in [3.05, 3.63) is 51.1 Å².